The molecule has 0 aliphatic rings. The number of nitrogens with zero attached hydrogens (tertiary/aromatic N) is 1. The Hall–Kier alpha value is 0.890. The van der Waals surface area contributed by atoms with Crippen LogP contribution in [0, 0.1) is 0 Å². The third-order valence-corrected chi connectivity index (χ3v) is 4.63. The molecule has 0 aromatic carbocycles. The van der Waals surface area contributed by atoms with Crippen molar-refractivity contribution in [1.82, 2.24) is 20.9 Å². The molecule has 0 atom stereocenters. The molecule has 0 unspecified atom stereocenters. The van der Waals surface area contributed by atoms with Crippen LogP contribution < -0.4 is 16.0 Å². The van der Waals surface area contributed by atoms with E-state index in [-0.39, 0.29) is 14.2 Å². The van der Waals surface area contributed by atoms with Crippen LogP contribution in [0.25, 0.3) is 0 Å². The van der Waals surface area contributed by atoms with E-state index in [0.717, 1.165) is 58.9 Å². The van der Waals surface area contributed by atoms with Gasteiger partial charge in [0.15, 0.2) is 0 Å². The summed E-state index contributed by atoms with van der Waals surface area (Å²) in [5.74, 6) is 0. The van der Waals surface area contributed by atoms with Crippen LogP contribution >= 0.6 is 37.9 Å². The van der Waals surface area contributed by atoms with E-state index in [1.165, 1.54) is 19.3 Å². The molecule has 0 aromatic heterocycles. The Morgan fingerprint density at radius 1 is 0.536 bits per heavy atom. The van der Waals surface area contributed by atoms with Gasteiger partial charge < -0.3 is 20.9 Å². The van der Waals surface area contributed by atoms with E-state index < -0.39 is 0 Å². The maximum Gasteiger partial charge on any atom is 0.0198 e. The fourth-order valence-corrected chi connectivity index (χ4v) is 3.14. The van der Waals surface area contributed by atoms with Crippen LogP contribution in [0.1, 0.15) is 60.8 Å². The standard InChI is InChI=1S/C21H48N4S3/c1-19(2,26)16-22-10-7-13-25(14-8-11-23-17-20(3,4)27)15-9-12-24-18-21(5,6)28/h22-24,26-28H,7-18H2,1-6H3. The first-order valence-electron chi connectivity index (χ1n) is 10.8. The summed E-state index contributed by atoms with van der Waals surface area (Å²) in [4.78, 5) is 2.61. The highest BCUT2D eigenvalue weighted by molar-refractivity contribution is 7.82. The minimum Gasteiger partial charge on any atom is -0.315 e. The van der Waals surface area contributed by atoms with Gasteiger partial charge in [0.1, 0.15) is 0 Å². The highest BCUT2D eigenvalue weighted by atomic mass is 32.1. The summed E-state index contributed by atoms with van der Waals surface area (Å²) in [6.45, 7) is 22.3. The molecular weight excluding hydrogens is 404 g/mol. The monoisotopic (exact) mass is 452 g/mol. The van der Waals surface area contributed by atoms with E-state index in [1.54, 1.807) is 0 Å². The van der Waals surface area contributed by atoms with Crippen molar-refractivity contribution in [2.75, 3.05) is 58.9 Å². The van der Waals surface area contributed by atoms with Crippen molar-refractivity contribution in [3.8, 4) is 0 Å². The first-order valence-corrected chi connectivity index (χ1v) is 12.1. The topological polar surface area (TPSA) is 39.3 Å². The van der Waals surface area contributed by atoms with Crippen LogP contribution in [-0.4, -0.2) is 78.0 Å². The highest BCUT2D eigenvalue weighted by Crippen LogP contribution is 2.10. The summed E-state index contributed by atoms with van der Waals surface area (Å²) >= 11 is 13.7. The largest absolute Gasteiger partial charge is 0.315 e. The van der Waals surface area contributed by atoms with Crippen molar-refractivity contribution in [3.05, 3.63) is 0 Å². The molecule has 0 aliphatic carbocycles. The molecule has 7 heteroatoms. The molecule has 0 amide bonds. The quantitative estimate of drug-likeness (QED) is 0.143. The lowest BCUT2D eigenvalue weighted by atomic mass is 10.2. The molecule has 28 heavy (non-hydrogen) atoms. The number of thiol groups is 3. The molecule has 0 saturated heterocycles. The smallest absolute Gasteiger partial charge is 0.0198 e. The third kappa shape index (κ3) is 23.2. The highest BCUT2D eigenvalue weighted by Gasteiger charge is 2.12. The molecule has 0 spiro atoms. The van der Waals surface area contributed by atoms with Crippen LogP contribution in [-0.2, 0) is 0 Å². The van der Waals surface area contributed by atoms with E-state index in [2.05, 4.69) is 100 Å². The Balaban J connectivity index is 4.08. The van der Waals surface area contributed by atoms with Gasteiger partial charge in [0.2, 0.25) is 0 Å². The van der Waals surface area contributed by atoms with Crippen LogP contribution in [0.2, 0.25) is 0 Å². The number of hydrogen-bond acceptors (Lipinski definition) is 7. The lowest BCUT2D eigenvalue weighted by Crippen LogP contribution is -2.36. The van der Waals surface area contributed by atoms with Gasteiger partial charge in [0.05, 0.1) is 0 Å². The van der Waals surface area contributed by atoms with E-state index in [4.69, 9.17) is 0 Å². The molecule has 0 saturated carbocycles. The van der Waals surface area contributed by atoms with Crippen molar-refractivity contribution >= 4 is 37.9 Å². The fourth-order valence-electron chi connectivity index (χ4n) is 2.80. The van der Waals surface area contributed by atoms with Crippen LogP contribution in [0.15, 0.2) is 0 Å². The van der Waals surface area contributed by atoms with E-state index in [0.29, 0.717) is 0 Å². The Morgan fingerprint density at radius 2 is 0.786 bits per heavy atom. The van der Waals surface area contributed by atoms with Crippen LogP contribution in [0.4, 0.5) is 0 Å². The Bertz CT molecular complexity index is 316. The molecule has 0 aromatic rings. The zero-order chi connectivity index (χ0) is 21.7. The molecule has 3 N–H and O–H groups in total. The molecule has 0 rings (SSSR count). The lowest BCUT2D eigenvalue weighted by molar-refractivity contribution is 0.259. The lowest BCUT2D eigenvalue weighted by Gasteiger charge is -2.24. The summed E-state index contributed by atoms with van der Waals surface area (Å²) in [6, 6.07) is 0. The number of hydrogen-bond donors (Lipinski definition) is 6. The van der Waals surface area contributed by atoms with Crippen molar-refractivity contribution in [3.63, 3.8) is 0 Å². The summed E-state index contributed by atoms with van der Waals surface area (Å²) in [5.41, 5.74) is 0. The van der Waals surface area contributed by atoms with Gasteiger partial charge in [0, 0.05) is 33.9 Å². The minimum atomic E-state index is 0.0541. The molecule has 0 fully saturated rings. The predicted molar refractivity (Wildman–Crippen MR) is 138 cm³/mol. The molecular formula is C21H48N4S3. The Labute approximate surface area is 192 Å². The van der Waals surface area contributed by atoms with Crippen molar-refractivity contribution in [1.29, 1.82) is 0 Å². The number of nitrogens with one attached hydrogen (secondary N) is 3. The average Bonchev–Trinajstić information content (AvgIpc) is 2.49. The van der Waals surface area contributed by atoms with Gasteiger partial charge in [-0.25, -0.2) is 0 Å². The van der Waals surface area contributed by atoms with E-state index >= 15 is 0 Å². The maximum atomic E-state index is 4.57. The van der Waals surface area contributed by atoms with Crippen molar-refractivity contribution in [2.24, 2.45) is 0 Å². The van der Waals surface area contributed by atoms with E-state index in [9.17, 15) is 0 Å². The van der Waals surface area contributed by atoms with Gasteiger partial charge >= 0.3 is 0 Å². The Morgan fingerprint density at radius 3 is 1.00 bits per heavy atom. The van der Waals surface area contributed by atoms with Gasteiger partial charge in [-0.15, -0.1) is 0 Å². The maximum absolute atomic E-state index is 4.57. The van der Waals surface area contributed by atoms with Crippen LogP contribution in [0.5, 0.6) is 0 Å². The first-order chi connectivity index (χ1) is 12.8. The minimum absolute atomic E-state index is 0.0541. The second kappa shape index (κ2) is 14.8. The van der Waals surface area contributed by atoms with Gasteiger partial charge in [-0.05, 0) is 100 Å². The number of rotatable bonds is 18. The summed E-state index contributed by atoms with van der Waals surface area (Å²) in [7, 11) is 0. The Kier molecular flexibility index (Phi) is 15.3. The molecule has 0 bridgehead atoms. The SMILES string of the molecule is CC(C)(S)CNCCCN(CCCNCC(C)(C)S)CCCNCC(C)(C)S. The molecule has 0 heterocycles. The molecule has 170 valence electrons. The predicted octanol–water partition coefficient (Wildman–Crippen LogP) is 3.35. The second-order valence-corrected chi connectivity index (χ2v) is 13.5. The summed E-state index contributed by atoms with van der Waals surface area (Å²) in [6.07, 6.45) is 3.54. The molecule has 4 nitrogen and oxygen atoms in total. The zero-order valence-electron chi connectivity index (χ0n) is 19.3. The summed E-state index contributed by atoms with van der Waals surface area (Å²) in [5, 5.41) is 10.6. The molecule has 0 aliphatic heterocycles. The van der Waals surface area contributed by atoms with Gasteiger partial charge in [0.25, 0.3) is 0 Å². The van der Waals surface area contributed by atoms with Crippen molar-refractivity contribution < 1.29 is 0 Å². The normalized spacial score (nSPS) is 13.5. The summed E-state index contributed by atoms with van der Waals surface area (Å²) < 4.78 is 0.162. The van der Waals surface area contributed by atoms with Crippen LogP contribution in [0.3, 0.4) is 0 Å². The van der Waals surface area contributed by atoms with Gasteiger partial charge in [-0.1, -0.05) is 0 Å². The van der Waals surface area contributed by atoms with Gasteiger partial charge in [-0.2, -0.15) is 37.9 Å². The second-order valence-electron chi connectivity index (χ2n) is 9.87. The first kappa shape index (κ1) is 28.9. The fraction of sp³-hybridized carbons (Fsp3) is 1.00. The zero-order valence-corrected chi connectivity index (χ0v) is 22.0. The van der Waals surface area contributed by atoms with E-state index in [1.807, 2.05) is 0 Å². The average molecular weight is 453 g/mol. The molecule has 0 radical (unpaired) electrons. The third-order valence-electron chi connectivity index (χ3n) is 4.16. The van der Waals surface area contributed by atoms with Crippen molar-refractivity contribution in [2.45, 2.75) is 75.0 Å². The van der Waals surface area contributed by atoms with Gasteiger partial charge in [-0.3, -0.25) is 0 Å².